The first-order valence-electron chi connectivity index (χ1n) is 6.60. The van der Waals surface area contributed by atoms with Crippen LogP contribution in [0, 0.1) is 5.41 Å². The molecule has 2 aromatic rings. The molecule has 3 rings (SSSR count). The molecule has 0 fully saturated rings. The van der Waals surface area contributed by atoms with Gasteiger partial charge < -0.3 is 9.47 Å². The van der Waals surface area contributed by atoms with Crippen LogP contribution in [-0.2, 0) is 0 Å². The lowest BCUT2D eigenvalue weighted by atomic mass is 9.96. The second-order valence-electron chi connectivity index (χ2n) is 5.73. The van der Waals surface area contributed by atoms with Gasteiger partial charge in [0.05, 0.1) is 13.2 Å². The number of para-hydroxylation sites is 2. The first-order valence-corrected chi connectivity index (χ1v) is 6.60. The molecule has 2 nitrogen and oxygen atoms in total. The Morgan fingerprint density at radius 2 is 1.16 bits per heavy atom. The molecule has 2 heteroatoms. The molecule has 0 unspecified atom stereocenters. The third kappa shape index (κ3) is 2.43. The Labute approximate surface area is 114 Å². The lowest BCUT2D eigenvalue weighted by molar-refractivity contribution is 0.113. The average Bonchev–Trinajstić information content (AvgIpc) is 2.48. The predicted molar refractivity (Wildman–Crippen MR) is 76.6 cm³/mol. The van der Waals surface area contributed by atoms with Crippen LogP contribution in [0.4, 0.5) is 0 Å². The third-order valence-electron chi connectivity index (χ3n) is 3.30. The Kier molecular flexibility index (Phi) is 2.94. The highest BCUT2D eigenvalue weighted by molar-refractivity contribution is 5.75. The molecule has 0 aromatic heterocycles. The van der Waals surface area contributed by atoms with Crippen LogP contribution in [0.3, 0.4) is 0 Å². The standard InChI is InChI=1S/C17H18O2/c1-17(2)11-18-15-9-5-3-7-13(15)14-8-4-6-10-16(14)19-12-17/h3-10H,11-12H2,1-2H3. The van der Waals surface area contributed by atoms with Crippen LogP contribution >= 0.6 is 0 Å². The number of benzene rings is 2. The van der Waals surface area contributed by atoms with E-state index in [1.807, 2.05) is 36.4 Å². The summed E-state index contributed by atoms with van der Waals surface area (Å²) in [6.07, 6.45) is 0. The van der Waals surface area contributed by atoms with Crippen molar-refractivity contribution < 1.29 is 9.47 Å². The van der Waals surface area contributed by atoms with Gasteiger partial charge in [0.25, 0.3) is 0 Å². The highest BCUT2D eigenvalue weighted by Crippen LogP contribution is 2.38. The van der Waals surface area contributed by atoms with E-state index in [4.69, 9.17) is 9.47 Å². The van der Waals surface area contributed by atoms with Crippen molar-refractivity contribution in [2.75, 3.05) is 13.2 Å². The Morgan fingerprint density at radius 1 is 0.737 bits per heavy atom. The van der Waals surface area contributed by atoms with Gasteiger partial charge in [0.15, 0.2) is 0 Å². The molecule has 0 saturated heterocycles. The lowest BCUT2D eigenvalue weighted by Crippen LogP contribution is -2.28. The van der Waals surface area contributed by atoms with Crippen LogP contribution in [0.1, 0.15) is 13.8 Å². The van der Waals surface area contributed by atoms with Gasteiger partial charge >= 0.3 is 0 Å². The molecule has 1 aliphatic rings. The zero-order valence-electron chi connectivity index (χ0n) is 11.3. The van der Waals surface area contributed by atoms with Crippen molar-refractivity contribution in [3.05, 3.63) is 48.5 Å². The van der Waals surface area contributed by atoms with Crippen molar-refractivity contribution in [3.63, 3.8) is 0 Å². The molecular weight excluding hydrogens is 236 g/mol. The summed E-state index contributed by atoms with van der Waals surface area (Å²) < 4.78 is 12.0. The van der Waals surface area contributed by atoms with Crippen LogP contribution in [0.15, 0.2) is 48.5 Å². The predicted octanol–water partition coefficient (Wildman–Crippen LogP) is 4.15. The minimum Gasteiger partial charge on any atom is -0.492 e. The van der Waals surface area contributed by atoms with Crippen LogP contribution in [-0.4, -0.2) is 13.2 Å². The monoisotopic (exact) mass is 254 g/mol. The fourth-order valence-corrected chi connectivity index (χ4v) is 2.22. The summed E-state index contributed by atoms with van der Waals surface area (Å²) in [5.41, 5.74) is 2.18. The van der Waals surface area contributed by atoms with Gasteiger partial charge in [0.1, 0.15) is 11.5 Å². The summed E-state index contributed by atoms with van der Waals surface area (Å²) in [5.74, 6) is 1.85. The molecule has 0 aliphatic carbocycles. The maximum atomic E-state index is 6.00. The molecule has 19 heavy (non-hydrogen) atoms. The van der Waals surface area contributed by atoms with Gasteiger partial charge in [0.2, 0.25) is 0 Å². The number of fused-ring (bicyclic) bond motifs is 3. The van der Waals surface area contributed by atoms with Crippen LogP contribution in [0.25, 0.3) is 11.1 Å². The Bertz CT molecular complexity index is 536. The molecule has 98 valence electrons. The Balaban J connectivity index is 2.15. The van der Waals surface area contributed by atoms with E-state index in [2.05, 4.69) is 26.0 Å². The van der Waals surface area contributed by atoms with Crippen molar-refractivity contribution in [3.8, 4) is 22.6 Å². The molecule has 0 bridgehead atoms. The summed E-state index contributed by atoms with van der Waals surface area (Å²) in [4.78, 5) is 0. The van der Waals surface area contributed by atoms with Crippen LogP contribution < -0.4 is 9.47 Å². The maximum absolute atomic E-state index is 6.00. The maximum Gasteiger partial charge on any atom is 0.127 e. The molecule has 1 aliphatic heterocycles. The molecule has 0 radical (unpaired) electrons. The largest absolute Gasteiger partial charge is 0.492 e. The number of ether oxygens (including phenoxy) is 2. The smallest absolute Gasteiger partial charge is 0.127 e. The summed E-state index contributed by atoms with van der Waals surface area (Å²) in [6.45, 7) is 5.61. The first-order chi connectivity index (χ1) is 9.16. The van der Waals surface area contributed by atoms with Crippen LogP contribution in [0.2, 0.25) is 0 Å². The summed E-state index contributed by atoms with van der Waals surface area (Å²) >= 11 is 0. The van der Waals surface area contributed by atoms with E-state index in [9.17, 15) is 0 Å². The van der Waals surface area contributed by atoms with Gasteiger partial charge in [-0.1, -0.05) is 50.2 Å². The highest BCUT2D eigenvalue weighted by Gasteiger charge is 2.24. The van der Waals surface area contributed by atoms with Crippen molar-refractivity contribution >= 4 is 0 Å². The van der Waals surface area contributed by atoms with Gasteiger partial charge in [-0.3, -0.25) is 0 Å². The average molecular weight is 254 g/mol. The van der Waals surface area contributed by atoms with E-state index in [0.717, 1.165) is 22.6 Å². The zero-order chi connectivity index (χ0) is 13.3. The number of rotatable bonds is 0. The van der Waals surface area contributed by atoms with Gasteiger partial charge in [-0.05, 0) is 12.1 Å². The third-order valence-corrected chi connectivity index (χ3v) is 3.30. The summed E-state index contributed by atoms with van der Waals surface area (Å²) in [7, 11) is 0. The van der Waals surface area contributed by atoms with E-state index < -0.39 is 0 Å². The topological polar surface area (TPSA) is 18.5 Å². The quantitative estimate of drug-likeness (QED) is 0.703. The van der Waals surface area contributed by atoms with E-state index in [0.29, 0.717) is 13.2 Å². The van der Waals surface area contributed by atoms with E-state index in [-0.39, 0.29) is 5.41 Å². The normalized spacial score (nSPS) is 16.7. The Morgan fingerprint density at radius 3 is 1.63 bits per heavy atom. The number of hydrogen-bond donors (Lipinski definition) is 0. The second kappa shape index (κ2) is 4.61. The fourth-order valence-electron chi connectivity index (χ4n) is 2.22. The molecule has 0 spiro atoms. The Hall–Kier alpha value is -1.96. The minimum atomic E-state index is -0.00936. The van der Waals surface area contributed by atoms with Gasteiger partial charge in [-0.25, -0.2) is 0 Å². The van der Waals surface area contributed by atoms with Gasteiger partial charge in [-0.2, -0.15) is 0 Å². The van der Waals surface area contributed by atoms with Gasteiger partial charge in [0, 0.05) is 16.5 Å². The number of hydrogen-bond acceptors (Lipinski definition) is 2. The molecule has 0 atom stereocenters. The second-order valence-corrected chi connectivity index (χ2v) is 5.73. The van der Waals surface area contributed by atoms with Crippen molar-refractivity contribution in [1.82, 2.24) is 0 Å². The van der Waals surface area contributed by atoms with Crippen molar-refractivity contribution in [1.29, 1.82) is 0 Å². The summed E-state index contributed by atoms with van der Waals surface area (Å²) in [6, 6.07) is 16.3. The van der Waals surface area contributed by atoms with E-state index in [1.165, 1.54) is 0 Å². The van der Waals surface area contributed by atoms with Crippen molar-refractivity contribution in [2.45, 2.75) is 13.8 Å². The zero-order valence-corrected chi connectivity index (χ0v) is 11.3. The first kappa shape index (κ1) is 12.1. The molecule has 2 aromatic carbocycles. The summed E-state index contributed by atoms with van der Waals surface area (Å²) in [5, 5.41) is 0. The molecule has 1 heterocycles. The lowest BCUT2D eigenvalue weighted by Gasteiger charge is -2.23. The fraction of sp³-hybridized carbons (Fsp3) is 0.294. The molecule has 0 amide bonds. The highest BCUT2D eigenvalue weighted by atomic mass is 16.5. The SMILES string of the molecule is CC1(C)COc2ccccc2-c2ccccc2OC1. The molecular formula is C17H18O2. The van der Waals surface area contributed by atoms with Crippen molar-refractivity contribution in [2.24, 2.45) is 5.41 Å². The van der Waals surface area contributed by atoms with Gasteiger partial charge in [-0.15, -0.1) is 0 Å². The minimum absolute atomic E-state index is 0.00936. The molecule has 0 N–H and O–H groups in total. The van der Waals surface area contributed by atoms with E-state index in [1.54, 1.807) is 0 Å². The molecule has 0 saturated carbocycles. The van der Waals surface area contributed by atoms with E-state index >= 15 is 0 Å². The van der Waals surface area contributed by atoms with Crippen LogP contribution in [0.5, 0.6) is 11.5 Å².